The minimum Gasteiger partial charge on any atom is -0.492 e. The molecular weight excluding hydrogens is 523 g/mol. The molecule has 0 aliphatic carbocycles. The number of alkyl halides is 3. The van der Waals surface area contributed by atoms with Gasteiger partial charge in [-0.15, -0.1) is 0 Å². The van der Waals surface area contributed by atoms with E-state index in [1.165, 1.54) is 37.1 Å². The number of aryl methyl sites for hydroxylation is 2. The Hall–Kier alpha value is -3.57. The first-order chi connectivity index (χ1) is 18.2. The molecule has 0 unspecified atom stereocenters. The van der Waals surface area contributed by atoms with Crippen LogP contribution in [0.1, 0.15) is 24.0 Å². The summed E-state index contributed by atoms with van der Waals surface area (Å²) in [6.07, 6.45) is 0.928. The van der Waals surface area contributed by atoms with Crippen LogP contribution in [0.25, 0.3) is 0 Å². The summed E-state index contributed by atoms with van der Waals surface area (Å²) in [6.45, 7) is 4.07. The van der Waals surface area contributed by atoms with Crippen LogP contribution >= 0.6 is 11.6 Å². The number of carbonyl (C=O) groups is 1. The maximum Gasteiger partial charge on any atom is 0.490 e. The average Bonchev–Trinajstić information content (AvgIpc) is 3.39. The maximum atomic E-state index is 10.6. The quantitative estimate of drug-likeness (QED) is 0.374. The molecule has 2 aliphatic heterocycles. The van der Waals surface area contributed by atoms with Crippen molar-refractivity contribution in [1.29, 1.82) is 0 Å². The fraction of sp³-hybridized carbons (Fsp3) is 0.346. The second kappa shape index (κ2) is 12.3. The molecule has 0 amide bonds. The number of anilines is 4. The third kappa shape index (κ3) is 7.72. The second-order valence-electron chi connectivity index (χ2n) is 8.86. The Morgan fingerprint density at radius 2 is 1.82 bits per heavy atom. The number of carboxylic acids is 1. The number of hydrogen-bond donors (Lipinski definition) is 3. The highest BCUT2D eigenvalue weighted by atomic mass is 35.5. The third-order valence-electron chi connectivity index (χ3n) is 6.04. The summed E-state index contributed by atoms with van der Waals surface area (Å²) in [5, 5.41) is 14.2. The number of ether oxygens (including phenoxy) is 1. The summed E-state index contributed by atoms with van der Waals surface area (Å²) in [7, 11) is 0. The Kier molecular flexibility index (Phi) is 8.90. The summed E-state index contributed by atoms with van der Waals surface area (Å²) in [5.74, 6) is -0.729. The van der Waals surface area contributed by atoms with Crippen molar-refractivity contribution in [2.45, 2.75) is 31.9 Å². The number of likely N-dealkylation sites (tertiary alicyclic amines) is 1. The standard InChI is InChI=1S/C24H26ClN5O.C2HF3O2/c25-21-16-26-24-28-20-8-9-22(31-13-12-30-10-1-2-11-30)18(15-20)7-6-17-4-3-5-19(14-17)27-23(21)29-24;3-2(4,5)1(6)7/h3-5,8-9,14-16H,1-2,6-7,10-13H2,(H2,26,27,28,29);(H,6,7). The number of fused-ring (bicyclic) bond motifs is 6. The van der Waals surface area contributed by atoms with Gasteiger partial charge >= 0.3 is 12.1 Å². The summed E-state index contributed by atoms with van der Waals surface area (Å²) in [6, 6.07) is 14.6. The molecule has 0 radical (unpaired) electrons. The molecule has 2 aromatic carbocycles. The molecule has 1 saturated heterocycles. The van der Waals surface area contributed by atoms with Gasteiger partial charge in [0.15, 0.2) is 5.82 Å². The Morgan fingerprint density at radius 1 is 1.08 bits per heavy atom. The van der Waals surface area contributed by atoms with Crippen molar-refractivity contribution in [2.24, 2.45) is 0 Å². The molecule has 0 atom stereocenters. The number of nitrogens with zero attached hydrogens (tertiary/aromatic N) is 3. The number of rotatable bonds is 4. The molecule has 1 aromatic heterocycles. The molecule has 6 bridgehead atoms. The van der Waals surface area contributed by atoms with Crippen LogP contribution in [0.15, 0.2) is 48.7 Å². The van der Waals surface area contributed by atoms with Gasteiger partial charge in [-0.25, -0.2) is 9.78 Å². The zero-order valence-electron chi connectivity index (χ0n) is 20.4. The predicted octanol–water partition coefficient (Wildman–Crippen LogP) is 5.82. The predicted molar refractivity (Wildman–Crippen MR) is 139 cm³/mol. The topological polar surface area (TPSA) is 99.6 Å². The van der Waals surface area contributed by atoms with Crippen molar-refractivity contribution in [3.63, 3.8) is 0 Å². The van der Waals surface area contributed by atoms with Crippen LogP contribution < -0.4 is 15.4 Å². The van der Waals surface area contributed by atoms with Gasteiger partial charge in [0.1, 0.15) is 17.4 Å². The fourth-order valence-corrected chi connectivity index (χ4v) is 4.29. The summed E-state index contributed by atoms with van der Waals surface area (Å²) in [5.41, 5.74) is 4.31. The fourth-order valence-electron chi connectivity index (χ4n) is 4.15. The van der Waals surface area contributed by atoms with Crippen LogP contribution in [-0.4, -0.2) is 58.4 Å². The van der Waals surface area contributed by atoms with Crippen molar-refractivity contribution in [3.05, 3.63) is 64.8 Å². The zero-order valence-corrected chi connectivity index (χ0v) is 21.1. The Balaban J connectivity index is 0.000000426. The van der Waals surface area contributed by atoms with Gasteiger partial charge in [0.05, 0.1) is 6.20 Å². The van der Waals surface area contributed by atoms with Crippen LogP contribution in [-0.2, 0) is 17.6 Å². The lowest BCUT2D eigenvalue weighted by atomic mass is 10.0. The van der Waals surface area contributed by atoms with Crippen LogP contribution in [0, 0.1) is 0 Å². The van der Waals surface area contributed by atoms with E-state index in [-0.39, 0.29) is 0 Å². The first kappa shape index (κ1) is 27.5. The number of aromatic nitrogens is 2. The monoisotopic (exact) mass is 549 g/mol. The lowest BCUT2D eigenvalue weighted by Crippen LogP contribution is -2.25. The lowest BCUT2D eigenvalue weighted by Gasteiger charge is -2.17. The number of carboxylic acid groups (broad SMARTS) is 1. The van der Waals surface area contributed by atoms with Crippen LogP contribution in [0.5, 0.6) is 5.75 Å². The summed E-state index contributed by atoms with van der Waals surface area (Å²) >= 11 is 6.31. The molecule has 12 heteroatoms. The second-order valence-corrected chi connectivity index (χ2v) is 9.27. The van der Waals surface area contributed by atoms with E-state index in [0.29, 0.717) is 23.4 Å². The van der Waals surface area contributed by atoms with Crippen LogP contribution in [0.3, 0.4) is 0 Å². The smallest absolute Gasteiger partial charge is 0.490 e. The molecule has 2 aliphatic rings. The van der Waals surface area contributed by atoms with Crippen molar-refractivity contribution < 1.29 is 27.8 Å². The van der Waals surface area contributed by atoms with E-state index < -0.39 is 12.1 Å². The molecule has 0 saturated carbocycles. The first-order valence-corrected chi connectivity index (χ1v) is 12.5. The van der Waals surface area contributed by atoms with Gasteiger partial charge in [-0.3, -0.25) is 4.90 Å². The molecule has 38 heavy (non-hydrogen) atoms. The minimum absolute atomic E-state index is 0.480. The van der Waals surface area contributed by atoms with E-state index in [4.69, 9.17) is 26.2 Å². The van der Waals surface area contributed by atoms with Crippen molar-refractivity contribution >= 4 is 40.7 Å². The number of nitrogens with one attached hydrogen (secondary N) is 2. The van der Waals surface area contributed by atoms with Gasteiger partial charge in [-0.2, -0.15) is 18.2 Å². The molecule has 0 spiro atoms. The maximum absolute atomic E-state index is 10.6. The Morgan fingerprint density at radius 3 is 2.55 bits per heavy atom. The highest BCUT2D eigenvalue weighted by Gasteiger charge is 2.38. The number of hydrogen-bond acceptors (Lipinski definition) is 7. The lowest BCUT2D eigenvalue weighted by molar-refractivity contribution is -0.192. The third-order valence-corrected chi connectivity index (χ3v) is 6.32. The zero-order chi connectivity index (χ0) is 27.1. The number of aliphatic carboxylic acids is 1. The molecule has 202 valence electrons. The Bertz CT molecular complexity index is 1270. The van der Waals surface area contributed by atoms with Gasteiger partial charge < -0.3 is 20.5 Å². The minimum atomic E-state index is -5.08. The molecule has 3 N–H and O–H groups in total. The normalized spacial score (nSPS) is 14.9. The van der Waals surface area contributed by atoms with E-state index >= 15 is 0 Å². The van der Waals surface area contributed by atoms with E-state index in [9.17, 15) is 13.2 Å². The number of benzene rings is 2. The van der Waals surface area contributed by atoms with Crippen molar-refractivity contribution in [1.82, 2.24) is 14.9 Å². The highest BCUT2D eigenvalue weighted by Crippen LogP contribution is 2.29. The molecule has 3 heterocycles. The van der Waals surface area contributed by atoms with Gasteiger partial charge in [0.25, 0.3) is 0 Å². The average molecular weight is 550 g/mol. The van der Waals surface area contributed by atoms with Crippen LogP contribution in [0.4, 0.5) is 36.3 Å². The summed E-state index contributed by atoms with van der Waals surface area (Å²) in [4.78, 5) is 20.3. The molecule has 5 rings (SSSR count). The van der Waals surface area contributed by atoms with E-state index in [2.05, 4.69) is 49.8 Å². The SMILES string of the molecule is Clc1cnc2nc1Nc1cccc(c1)CCc1cc(ccc1OCCN1CCCC1)N2.O=C(O)C(F)(F)F. The molecule has 8 nitrogen and oxygen atoms in total. The van der Waals surface area contributed by atoms with Gasteiger partial charge in [0.2, 0.25) is 5.95 Å². The van der Waals surface area contributed by atoms with E-state index in [1.54, 1.807) is 6.20 Å². The van der Waals surface area contributed by atoms with E-state index in [1.807, 2.05) is 18.2 Å². The van der Waals surface area contributed by atoms with E-state index in [0.717, 1.165) is 36.5 Å². The van der Waals surface area contributed by atoms with Gasteiger partial charge in [-0.05, 0) is 80.2 Å². The largest absolute Gasteiger partial charge is 0.492 e. The van der Waals surface area contributed by atoms with Crippen molar-refractivity contribution in [2.75, 3.05) is 36.9 Å². The highest BCUT2D eigenvalue weighted by molar-refractivity contribution is 6.32. The molecule has 1 fully saturated rings. The first-order valence-electron chi connectivity index (χ1n) is 12.1. The van der Waals surface area contributed by atoms with Gasteiger partial charge in [-0.1, -0.05) is 23.7 Å². The van der Waals surface area contributed by atoms with Gasteiger partial charge in [0, 0.05) is 17.9 Å². The molecule has 3 aromatic rings. The Labute approximate surface area is 222 Å². The summed E-state index contributed by atoms with van der Waals surface area (Å²) < 4.78 is 37.9. The number of halogens is 4. The molecular formula is C26H27ClF3N5O3. The van der Waals surface area contributed by atoms with Crippen LogP contribution in [0.2, 0.25) is 5.02 Å². The van der Waals surface area contributed by atoms with Crippen molar-refractivity contribution in [3.8, 4) is 5.75 Å².